The molecule has 0 saturated heterocycles. The van der Waals surface area contributed by atoms with E-state index in [1.165, 1.54) is 0 Å². The van der Waals surface area contributed by atoms with E-state index < -0.39 is 11.3 Å². The van der Waals surface area contributed by atoms with Gasteiger partial charge in [0, 0.05) is 40.6 Å². The van der Waals surface area contributed by atoms with Crippen LogP contribution in [0.5, 0.6) is 11.5 Å². The summed E-state index contributed by atoms with van der Waals surface area (Å²) < 4.78 is 22.4. The van der Waals surface area contributed by atoms with E-state index in [1.807, 2.05) is 30.3 Å². The lowest BCUT2D eigenvalue weighted by molar-refractivity contribution is -0.128. The van der Waals surface area contributed by atoms with E-state index in [4.69, 9.17) is 42.1 Å². The summed E-state index contributed by atoms with van der Waals surface area (Å²) in [5, 5.41) is 14.6. The third-order valence-electron chi connectivity index (χ3n) is 6.68. The van der Waals surface area contributed by atoms with Crippen molar-refractivity contribution in [2.24, 2.45) is 5.41 Å². The van der Waals surface area contributed by atoms with E-state index in [1.54, 1.807) is 24.3 Å². The lowest BCUT2D eigenvalue weighted by atomic mass is 9.76. The van der Waals surface area contributed by atoms with Crippen LogP contribution < -0.4 is 14.8 Å². The van der Waals surface area contributed by atoms with E-state index in [2.05, 4.69) is 11.4 Å². The highest BCUT2D eigenvalue weighted by atomic mass is 35.5. The SMILES string of the molecule is N#CC(Cc1cc(Cl)cc2c1OCOC2)(Cc1cc(Cl)cc2c1OCOC2)C(=O)NCCc1ccccc1. The van der Waals surface area contributed by atoms with Crippen molar-refractivity contribution in [3.05, 3.63) is 92.5 Å². The predicted octanol–water partition coefficient (Wildman–Crippen LogP) is 5.38. The number of hydrogen-bond donors (Lipinski definition) is 1. The van der Waals surface area contributed by atoms with Crippen molar-refractivity contribution >= 4 is 29.1 Å². The van der Waals surface area contributed by atoms with Gasteiger partial charge in [0.25, 0.3) is 0 Å². The van der Waals surface area contributed by atoms with E-state index >= 15 is 0 Å². The predicted molar refractivity (Wildman–Crippen MR) is 142 cm³/mol. The largest absolute Gasteiger partial charge is 0.467 e. The molecule has 0 bridgehead atoms. The maximum atomic E-state index is 13.9. The van der Waals surface area contributed by atoms with Crippen LogP contribution in [0.3, 0.4) is 0 Å². The topological polar surface area (TPSA) is 89.8 Å². The number of carbonyl (C=O) groups excluding carboxylic acids is 1. The standard InChI is InChI=1S/C29H26Cl2N2O5/c30-24-8-20(26-22(10-24)14-35-17-37-26)12-29(16-32,28(34)33-7-6-19-4-2-1-3-5-19)13-21-9-25(31)11-23-15-36-18-38-27(21)23/h1-5,8-11H,6-7,12-15,17-18H2,(H,33,34). The molecule has 0 aromatic heterocycles. The second-order valence-corrected chi connectivity index (χ2v) is 10.2. The molecule has 5 rings (SSSR count). The number of nitrogens with one attached hydrogen (secondary N) is 1. The maximum absolute atomic E-state index is 13.9. The Morgan fingerprint density at radius 2 is 1.45 bits per heavy atom. The summed E-state index contributed by atoms with van der Waals surface area (Å²) in [5.41, 5.74) is 2.46. The van der Waals surface area contributed by atoms with Crippen molar-refractivity contribution in [2.75, 3.05) is 20.1 Å². The van der Waals surface area contributed by atoms with Gasteiger partial charge in [-0.15, -0.1) is 0 Å². The molecule has 0 atom stereocenters. The average molecular weight is 553 g/mol. The molecule has 0 aliphatic carbocycles. The molecule has 0 unspecified atom stereocenters. The molecule has 0 spiro atoms. The zero-order valence-corrected chi connectivity index (χ0v) is 22.1. The third-order valence-corrected chi connectivity index (χ3v) is 7.12. The number of fused-ring (bicyclic) bond motifs is 2. The zero-order valence-electron chi connectivity index (χ0n) is 20.6. The fourth-order valence-electron chi connectivity index (χ4n) is 4.91. The number of carbonyl (C=O) groups is 1. The Morgan fingerprint density at radius 1 is 0.895 bits per heavy atom. The van der Waals surface area contributed by atoms with E-state index in [0.29, 0.717) is 58.9 Å². The van der Waals surface area contributed by atoms with Crippen molar-refractivity contribution in [1.82, 2.24) is 5.32 Å². The molecule has 2 heterocycles. The molecule has 0 radical (unpaired) electrons. The lowest BCUT2D eigenvalue weighted by Crippen LogP contribution is -2.44. The number of nitrogens with zero attached hydrogens (tertiary/aromatic N) is 1. The Labute approximate surface area is 231 Å². The number of nitriles is 1. The first-order valence-electron chi connectivity index (χ1n) is 12.2. The van der Waals surface area contributed by atoms with Crippen LogP contribution in [0.2, 0.25) is 10.0 Å². The van der Waals surface area contributed by atoms with Gasteiger partial charge in [0.05, 0.1) is 19.3 Å². The normalized spacial score (nSPS) is 14.3. The minimum atomic E-state index is -1.50. The lowest BCUT2D eigenvalue weighted by Gasteiger charge is -2.30. The van der Waals surface area contributed by atoms with Crippen LogP contribution in [0.4, 0.5) is 0 Å². The minimum absolute atomic E-state index is 0.0708. The van der Waals surface area contributed by atoms with E-state index in [-0.39, 0.29) is 26.4 Å². The zero-order chi connectivity index (χ0) is 26.5. The average Bonchev–Trinajstić information content (AvgIpc) is 2.93. The summed E-state index contributed by atoms with van der Waals surface area (Å²) in [6, 6.07) is 19.2. The third kappa shape index (κ3) is 5.74. The summed E-state index contributed by atoms with van der Waals surface area (Å²) in [4.78, 5) is 13.9. The number of amides is 1. The molecule has 1 N–H and O–H groups in total. The molecule has 3 aromatic rings. The molecule has 9 heteroatoms. The van der Waals surface area contributed by atoms with Gasteiger partial charge >= 0.3 is 0 Å². The Morgan fingerprint density at radius 3 is 1.97 bits per heavy atom. The highest BCUT2D eigenvalue weighted by Gasteiger charge is 2.41. The van der Waals surface area contributed by atoms with Crippen LogP contribution in [0, 0.1) is 16.7 Å². The van der Waals surface area contributed by atoms with E-state index in [0.717, 1.165) is 16.7 Å². The molecule has 2 aliphatic rings. The molecule has 1 amide bonds. The highest BCUT2D eigenvalue weighted by molar-refractivity contribution is 6.31. The van der Waals surface area contributed by atoms with Crippen LogP contribution >= 0.6 is 23.2 Å². The first-order chi connectivity index (χ1) is 18.5. The number of rotatable bonds is 8. The van der Waals surface area contributed by atoms with Crippen LogP contribution in [0.25, 0.3) is 0 Å². The monoisotopic (exact) mass is 552 g/mol. The van der Waals surface area contributed by atoms with Crippen molar-refractivity contribution in [3.63, 3.8) is 0 Å². The molecule has 3 aromatic carbocycles. The molecule has 2 aliphatic heterocycles. The van der Waals surface area contributed by atoms with Crippen molar-refractivity contribution in [2.45, 2.75) is 32.5 Å². The van der Waals surface area contributed by atoms with Gasteiger partial charge in [-0.2, -0.15) is 5.26 Å². The minimum Gasteiger partial charge on any atom is -0.467 e. The number of halogens is 2. The van der Waals surface area contributed by atoms with Crippen LogP contribution in [0.15, 0.2) is 54.6 Å². The first kappa shape index (κ1) is 26.3. The van der Waals surface area contributed by atoms with Gasteiger partial charge in [-0.05, 0) is 47.4 Å². The van der Waals surface area contributed by atoms with Gasteiger partial charge in [0.1, 0.15) is 16.9 Å². The quantitative estimate of drug-likeness (QED) is 0.403. The molecule has 0 fully saturated rings. The van der Waals surface area contributed by atoms with Crippen LogP contribution in [-0.4, -0.2) is 26.0 Å². The Bertz CT molecular complexity index is 1310. The number of ether oxygens (including phenoxy) is 4. The van der Waals surface area contributed by atoms with Gasteiger partial charge in [-0.1, -0.05) is 53.5 Å². The fraction of sp³-hybridized carbons (Fsp3) is 0.310. The number of benzene rings is 3. The van der Waals surface area contributed by atoms with Crippen LogP contribution in [-0.2, 0) is 46.7 Å². The van der Waals surface area contributed by atoms with Gasteiger partial charge in [0.15, 0.2) is 13.6 Å². The summed E-state index contributed by atoms with van der Waals surface area (Å²) in [5.74, 6) is 0.794. The molecule has 38 heavy (non-hydrogen) atoms. The summed E-state index contributed by atoms with van der Waals surface area (Å²) in [6.45, 7) is 1.21. The highest BCUT2D eigenvalue weighted by Crippen LogP contribution is 2.40. The smallest absolute Gasteiger partial charge is 0.241 e. The summed E-state index contributed by atoms with van der Waals surface area (Å²) in [7, 11) is 0. The molecule has 0 saturated carbocycles. The van der Waals surface area contributed by atoms with Gasteiger partial charge in [0.2, 0.25) is 5.91 Å². The number of hydrogen-bond acceptors (Lipinski definition) is 6. The van der Waals surface area contributed by atoms with Crippen LogP contribution in [0.1, 0.15) is 27.8 Å². The molecule has 196 valence electrons. The molecular weight excluding hydrogens is 527 g/mol. The van der Waals surface area contributed by atoms with E-state index in [9.17, 15) is 10.1 Å². The second kappa shape index (κ2) is 11.6. The second-order valence-electron chi connectivity index (χ2n) is 9.37. The maximum Gasteiger partial charge on any atom is 0.241 e. The Hall–Kier alpha value is -3.28. The molecule has 7 nitrogen and oxygen atoms in total. The van der Waals surface area contributed by atoms with Gasteiger partial charge < -0.3 is 24.3 Å². The Balaban J connectivity index is 1.50. The van der Waals surface area contributed by atoms with Gasteiger partial charge in [-0.3, -0.25) is 4.79 Å². The van der Waals surface area contributed by atoms with Crippen molar-refractivity contribution in [1.29, 1.82) is 5.26 Å². The summed E-state index contributed by atoms with van der Waals surface area (Å²) >= 11 is 12.8. The summed E-state index contributed by atoms with van der Waals surface area (Å²) in [6.07, 6.45) is 0.775. The Kier molecular flexibility index (Phi) is 8.06. The first-order valence-corrected chi connectivity index (χ1v) is 13.0. The van der Waals surface area contributed by atoms with Crippen molar-refractivity contribution < 1.29 is 23.7 Å². The molecular formula is C29H26Cl2N2O5. The van der Waals surface area contributed by atoms with Gasteiger partial charge in [-0.25, -0.2) is 0 Å². The fourth-order valence-corrected chi connectivity index (χ4v) is 5.44. The van der Waals surface area contributed by atoms with Crippen molar-refractivity contribution in [3.8, 4) is 17.6 Å².